The van der Waals surface area contributed by atoms with Gasteiger partial charge in [0.2, 0.25) is 5.88 Å². The van der Waals surface area contributed by atoms with Crippen LogP contribution in [0.4, 0.5) is 18.6 Å². The molecular weight excluding hydrogens is 466 g/mol. The summed E-state index contributed by atoms with van der Waals surface area (Å²) in [4.78, 5) is 26.2. The molecule has 1 aliphatic heterocycles. The number of hydrogen-bond donors (Lipinski definition) is 3. The normalized spacial score (nSPS) is 13.8. The van der Waals surface area contributed by atoms with Crippen LogP contribution < -0.4 is 15.4 Å². The predicted octanol–water partition coefficient (Wildman–Crippen LogP) is 4.35. The number of aromatic carboxylic acids is 1. The van der Waals surface area contributed by atoms with E-state index in [1.165, 1.54) is 12.8 Å². The molecule has 0 radical (unpaired) electrons. The first kappa shape index (κ1) is 24.1. The van der Waals surface area contributed by atoms with Crippen molar-refractivity contribution < 1.29 is 28.2 Å². The van der Waals surface area contributed by atoms with Gasteiger partial charge in [-0.2, -0.15) is 4.37 Å². The Morgan fingerprint density at radius 1 is 1.22 bits per heavy atom. The van der Waals surface area contributed by atoms with Gasteiger partial charge in [0.25, 0.3) is 0 Å². The highest BCUT2D eigenvalue weighted by atomic mass is 35.5. The highest BCUT2D eigenvalue weighted by Gasteiger charge is 2.24. The molecule has 0 saturated carbocycles. The number of carbonyl (C=O) groups is 2. The van der Waals surface area contributed by atoms with Crippen molar-refractivity contribution in [2.24, 2.45) is 0 Å². The van der Waals surface area contributed by atoms with Crippen LogP contribution in [0.3, 0.4) is 0 Å². The number of nitrogens with zero attached hydrogens (tertiary/aromatic N) is 2. The summed E-state index contributed by atoms with van der Waals surface area (Å²) in [6, 6.07) is 1.10. The van der Waals surface area contributed by atoms with E-state index >= 15 is 0 Å². The molecule has 3 N–H and O–H groups in total. The zero-order valence-corrected chi connectivity index (χ0v) is 18.7. The molecule has 0 aliphatic carbocycles. The van der Waals surface area contributed by atoms with Gasteiger partial charge in [-0.05, 0) is 69.0 Å². The molecule has 0 atom stereocenters. The average molecular weight is 489 g/mol. The lowest BCUT2D eigenvalue weighted by molar-refractivity contribution is 0.0693. The summed E-state index contributed by atoms with van der Waals surface area (Å²) in [7, 11) is 0. The maximum Gasteiger partial charge on any atom is 0.344 e. The molecule has 2 heterocycles. The quantitative estimate of drug-likeness (QED) is 0.339. The highest BCUT2D eigenvalue weighted by Crippen LogP contribution is 2.31. The fourth-order valence-corrected chi connectivity index (χ4v) is 4.16. The molecular formula is C20H23ClF2N4O4S. The molecule has 2 amide bonds. The molecule has 0 bridgehead atoms. The van der Waals surface area contributed by atoms with Gasteiger partial charge in [0.1, 0.15) is 23.2 Å². The molecule has 1 aliphatic rings. The van der Waals surface area contributed by atoms with Gasteiger partial charge in [-0.25, -0.2) is 18.4 Å². The number of carboxylic acids is 1. The molecule has 0 unspecified atom stereocenters. The number of carbonyl (C=O) groups excluding carboxylic acids is 1. The lowest BCUT2D eigenvalue weighted by atomic mass is 10.2. The Hall–Kier alpha value is -2.50. The van der Waals surface area contributed by atoms with Crippen LogP contribution in [0, 0.1) is 11.6 Å². The van der Waals surface area contributed by atoms with Crippen molar-refractivity contribution >= 4 is 40.1 Å². The van der Waals surface area contributed by atoms with E-state index < -0.39 is 30.2 Å². The summed E-state index contributed by atoms with van der Waals surface area (Å²) in [6.07, 6.45) is 4.23. The Morgan fingerprint density at radius 2 is 1.97 bits per heavy atom. The van der Waals surface area contributed by atoms with Gasteiger partial charge in [-0.15, -0.1) is 0 Å². The fraction of sp³-hybridized carbons (Fsp3) is 0.450. The van der Waals surface area contributed by atoms with E-state index in [1.54, 1.807) is 0 Å². The molecule has 174 valence electrons. The monoisotopic (exact) mass is 488 g/mol. The molecule has 1 fully saturated rings. The first-order valence-electron chi connectivity index (χ1n) is 10.1. The minimum atomic E-state index is -1.38. The minimum Gasteiger partial charge on any atom is -0.477 e. The van der Waals surface area contributed by atoms with Gasteiger partial charge < -0.3 is 20.1 Å². The van der Waals surface area contributed by atoms with Crippen molar-refractivity contribution in [3.05, 3.63) is 39.9 Å². The van der Waals surface area contributed by atoms with Crippen molar-refractivity contribution in [3.63, 3.8) is 0 Å². The van der Waals surface area contributed by atoms with Crippen LogP contribution in [0.25, 0.3) is 0 Å². The molecule has 1 saturated heterocycles. The van der Waals surface area contributed by atoms with Crippen molar-refractivity contribution in [1.29, 1.82) is 0 Å². The van der Waals surface area contributed by atoms with E-state index in [0.717, 1.165) is 44.6 Å². The van der Waals surface area contributed by atoms with E-state index in [1.807, 2.05) is 0 Å². The molecule has 1 aromatic carbocycles. The summed E-state index contributed by atoms with van der Waals surface area (Å²) in [6.45, 7) is 3.24. The molecule has 12 heteroatoms. The summed E-state index contributed by atoms with van der Waals surface area (Å²) in [5.74, 6) is -3.32. The van der Waals surface area contributed by atoms with Gasteiger partial charge >= 0.3 is 12.0 Å². The second-order valence-electron chi connectivity index (χ2n) is 7.28. The standard InChI is InChI=1S/C20H23ClF2N4O4S/c21-13-10-14(22)12(9-15(13)23)11-31-17-16(19(28)29)18(32-26-17)25-20(30)24-5-1-2-6-27-7-3-4-8-27/h9-10H,1-8,11H2,(H,28,29)(H2,24,25,30). The van der Waals surface area contributed by atoms with Gasteiger partial charge in [0.15, 0.2) is 5.56 Å². The SMILES string of the molecule is O=C(NCCCCN1CCCC1)Nc1snc(OCc2cc(F)c(Cl)cc2F)c1C(=O)O. The number of hydrogen-bond acceptors (Lipinski definition) is 6. The first-order chi connectivity index (χ1) is 15.3. The number of unbranched alkanes of at least 4 members (excludes halogenated alkanes) is 1. The van der Waals surface area contributed by atoms with E-state index in [0.29, 0.717) is 18.1 Å². The maximum absolute atomic E-state index is 13.9. The Morgan fingerprint density at radius 3 is 2.69 bits per heavy atom. The average Bonchev–Trinajstić information content (AvgIpc) is 3.39. The number of ether oxygens (including phenoxy) is 1. The fourth-order valence-electron chi connectivity index (χ4n) is 3.28. The number of rotatable bonds is 10. The van der Waals surface area contributed by atoms with Crippen LogP contribution in [-0.4, -0.2) is 52.6 Å². The van der Waals surface area contributed by atoms with Gasteiger partial charge in [-0.3, -0.25) is 5.32 Å². The maximum atomic E-state index is 13.9. The second kappa shape index (κ2) is 11.4. The van der Waals surface area contributed by atoms with Crippen LogP contribution in [0.5, 0.6) is 5.88 Å². The summed E-state index contributed by atoms with van der Waals surface area (Å²) in [5, 5.41) is 14.2. The number of anilines is 1. The van der Waals surface area contributed by atoms with E-state index in [9.17, 15) is 23.5 Å². The van der Waals surface area contributed by atoms with Crippen molar-refractivity contribution in [3.8, 4) is 5.88 Å². The van der Waals surface area contributed by atoms with Crippen LogP contribution >= 0.6 is 23.1 Å². The summed E-state index contributed by atoms with van der Waals surface area (Å²) < 4.78 is 36.6. The number of aromatic nitrogens is 1. The van der Waals surface area contributed by atoms with Gasteiger partial charge in [0, 0.05) is 12.1 Å². The van der Waals surface area contributed by atoms with E-state index in [4.69, 9.17) is 16.3 Å². The number of carboxylic acid groups (broad SMARTS) is 1. The molecule has 2 aromatic rings. The van der Waals surface area contributed by atoms with E-state index in [-0.39, 0.29) is 27.0 Å². The van der Waals surface area contributed by atoms with Crippen molar-refractivity contribution in [2.45, 2.75) is 32.3 Å². The minimum absolute atomic E-state index is 0.0233. The lowest BCUT2D eigenvalue weighted by Gasteiger charge is -2.14. The van der Waals surface area contributed by atoms with Crippen molar-refractivity contribution in [2.75, 3.05) is 31.5 Å². The smallest absolute Gasteiger partial charge is 0.344 e. The van der Waals surface area contributed by atoms with Crippen molar-refractivity contribution in [1.82, 2.24) is 14.6 Å². The van der Waals surface area contributed by atoms with Crippen LogP contribution in [0.2, 0.25) is 5.02 Å². The molecule has 1 aromatic heterocycles. The molecule has 8 nitrogen and oxygen atoms in total. The number of benzene rings is 1. The van der Waals surface area contributed by atoms with Crippen LogP contribution in [0.15, 0.2) is 12.1 Å². The number of halogens is 3. The van der Waals surface area contributed by atoms with E-state index in [2.05, 4.69) is 19.9 Å². The lowest BCUT2D eigenvalue weighted by Crippen LogP contribution is -2.30. The zero-order chi connectivity index (χ0) is 23.1. The molecule has 0 spiro atoms. The molecule has 3 rings (SSSR count). The van der Waals surface area contributed by atoms with Gasteiger partial charge in [-0.1, -0.05) is 11.6 Å². The third-order valence-corrected chi connectivity index (χ3v) is 5.98. The molecule has 32 heavy (non-hydrogen) atoms. The topological polar surface area (TPSA) is 104 Å². The van der Waals surface area contributed by atoms with Crippen LogP contribution in [-0.2, 0) is 6.61 Å². The number of likely N-dealkylation sites (tertiary alicyclic amines) is 1. The Kier molecular flexibility index (Phi) is 8.60. The zero-order valence-electron chi connectivity index (χ0n) is 17.1. The predicted molar refractivity (Wildman–Crippen MR) is 117 cm³/mol. The number of nitrogens with one attached hydrogen (secondary N) is 2. The Balaban J connectivity index is 1.52. The van der Waals surface area contributed by atoms with Gasteiger partial charge in [0.05, 0.1) is 5.02 Å². The van der Waals surface area contributed by atoms with Crippen LogP contribution in [0.1, 0.15) is 41.6 Å². The Labute approximate surface area is 192 Å². The second-order valence-corrected chi connectivity index (χ2v) is 8.46. The third-order valence-electron chi connectivity index (χ3n) is 4.94. The highest BCUT2D eigenvalue weighted by molar-refractivity contribution is 7.11. The number of urea groups is 1. The largest absolute Gasteiger partial charge is 0.477 e. The number of amides is 2. The Bertz CT molecular complexity index is 969. The summed E-state index contributed by atoms with van der Waals surface area (Å²) >= 11 is 6.23. The first-order valence-corrected chi connectivity index (χ1v) is 11.3. The third kappa shape index (κ3) is 6.50. The summed E-state index contributed by atoms with van der Waals surface area (Å²) in [5.41, 5.74) is -0.522.